The minimum Gasteiger partial charge on any atom is -0.444 e. The van der Waals surface area contributed by atoms with Gasteiger partial charge in [-0.3, -0.25) is 0 Å². The highest BCUT2D eigenvalue weighted by Crippen LogP contribution is 2.17. The Kier molecular flexibility index (Phi) is 2.60. The van der Waals surface area contributed by atoms with E-state index in [0.717, 1.165) is 0 Å². The lowest BCUT2D eigenvalue weighted by atomic mass is 10.0. The molecule has 64 valence electrons. The maximum atomic E-state index is 10.7. The number of carbonyl (C=O) groups is 1. The first kappa shape index (κ1) is 8.65. The fourth-order valence-corrected chi connectivity index (χ4v) is 1.45. The molecule has 1 amide bonds. The zero-order valence-electron chi connectivity index (χ0n) is 6.63. The summed E-state index contributed by atoms with van der Waals surface area (Å²) < 4.78 is 4.99. The molecule has 1 fully saturated rings. The molecule has 1 N–H and O–H groups in total. The first-order valence-electron chi connectivity index (χ1n) is 3.68. The number of rotatable bonds is 2. The Hall–Kier alpha value is -0.440. The van der Waals surface area contributed by atoms with Gasteiger partial charge in [-0.1, -0.05) is 13.8 Å². The molecule has 0 unspecified atom stereocenters. The van der Waals surface area contributed by atoms with E-state index in [-0.39, 0.29) is 18.2 Å². The number of carbonyl (C=O) groups excluding carboxylic acids is 1. The number of alkyl carbamates (subject to hydrolysis) is 1. The van der Waals surface area contributed by atoms with E-state index in [1.165, 1.54) is 0 Å². The van der Waals surface area contributed by atoms with Crippen molar-refractivity contribution in [3.05, 3.63) is 0 Å². The highest BCUT2D eigenvalue weighted by Gasteiger charge is 2.35. The van der Waals surface area contributed by atoms with Crippen molar-refractivity contribution in [1.29, 1.82) is 0 Å². The average Bonchev–Trinajstić information content (AvgIpc) is 2.30. The predicted octanol–water partition coefficient (Wildman–Crippen LogP) is 1.36. The summed E-state index contributed by atoms with van der Waals surface area (Å²) >= 11 is 5.62. The molecule has 1 aliphatic rings. The molecule has 0 spiro atoms. The number of hydrogen-bond acceptors (Lipinski definition) is 2. The van der Waals surface area contributed by atoms with Crippen LogP contribution in [0.4, 0.5) is 4.79 Å². The summed E-state index contributed by atoms with van der Waals surface area (Å²) in [5.74, 6) is 0.729. The van der Waals surface area contributed by atoms with Gasteiger partial charge >= 0.3 is 6.09 Å². The number of hydrogen-bond donors (Lipinski definition) is 1. The summed E-state index contributed by atoms with van der Waals surface area (Å²) in [7, 11) is 0. The van der Waals surface area contributed by atoms with Gasteiger partial charge in [-0.15, -0.1) is 11.6 Å². The van der Waals surface area contributed by atoms with Crippen LogP contribution in [0.3, 0.4) is 0 Å². The molecule has 2 atom stereocenters. The van der Waals surface area contributed by atoms with E-state index in [9.17, 15) is 4.79 Å². The minimum absolute atomic E-state index is 0.0239. The lowest BCUT2D eigenvalue weighted by molar-refractivity contribution is 0.105. The minimum atomic E-state index is -0.352. The summed E-state index contributed by atoms with van der Waals surface area (Å²) in [4.78, 5) is 10.7. The van der Waals surface area contributed by atoms with Crippen LogP contribution in [-0.2, 0) is 4.74 Å². The van der Waals surface area contributed by atoms with E-state index in [1.807, 2.05) is 13.8 Å². The zero-order valence-corrected chi connectivity index (χ0v) is 7.39. The molecule has 0 aliphatic carbocycles. The molecule has 1 rings (SSSR count). The topological polar surface area (TPSA) is 38.3 Å². The largest absolute Gasteiger partial charge is 0.444 e. The first-order chi connectivity index (χ1) is 5.15. The third kappa shape index (κ3) is 1.77. The highest BCUT2D eigenvalue weighted by atomic mass is 35.5. The molecular weight excluding hydrogens is 166 g/mol. The lowest BCUT2D eigenvalue weighted by Gasteiger charge is -2.17. The zero-order chi connectivity index (χ0) is 8.43. The molecule has 0 aromatic rings. The lowest BCUT2D eigenvalue weighted by Crippen LogP contribution is -2.35. The molecule has 0 aromatic heterocycles. The quantitative estimate of drug-likeness (QED) is 0.647. The van der Waals surface area contributed by atoms with Crippen molar-refractivity contribution in [3.8, 4) is 0 Å². The standard InChI is InChI=1S/C7H12ClNO2/c1-4(2)6-5(3-8)9-7(10)11-6/h4-6H,3H2,1-2H3,(H,9,10)/t5-,6-/m1/s1. The Morgan fingerprint density at radius 3 is 2.73 bits per heavy atom. The van der Waals surface area contributed by atoms with Crippen LogP contribution in [0.5, 0.6) is 0 Å². The number of amides is 1. The van der Waals surface area contributed by atoms with E-state index in [2.05, 4.69) is 5.32 Å². The Bertz CT molecular complexity index is 161. The molecule has 0 aromatic carbocycles. The van der Waals surface area contributed by atoms with Gasteiger partial charge in [0.05, 0.1) is 6.04 Å². The number of alkyl halides is 1. The Morgan fingerprint density at radius 2 is 2.36 bits per heavy atom. The normalized spacial score (nSPS) is 30.4. The van der Waals surface area contributed by atoms with E-state index in [0.29, 0.717) is 11.8 Å². The van der Waals surface area contributed by atoms with E-state index >= 15 is 0 Å². The molecule has 1 aliphatic heterocycles. The van der Waals surface area contributed by atoms with Crippen molar-refractivity contribution in [2.24, 2.45) is 5.92 Å². The summed E-state index contributed by atoms with van der Waals surface area (Å²) in [6.45, 7) is 4.01. The fraction of sp³-hybridized carbons (Fsp3) is 0.857. The van der Waals surface area contributed by atoms with Gasteiger partial charge in [0.15, 0.2) is 0 Å². The summed E-state index contributed by atoms with van der Waals surface area (Å²) in [5, 5.41) is 2.64. The van der Waals surface area contributed by atoms with Crippen molar-refractivity contribution >= 4 is 17.7 Å². The van der Waals surface area contributed by atoms with Crippen LogP contribution in [0.15, 0.2) is 0 Å². The highest BCUT2D eigenvalue weighted by molar-refractivity contribution is 6.18. The Labute approximate surface area is 71.1 Å². The van der Waals surface area contributed by atoms with Gasteiger partial charge in [-0.25, -0.2) is 4.79 Å². The average molecular weight is 178 g/mol. The van der Waals surface area contributed by atoms with Gasteiger partial charge < -0.3 is 10.1 Å². The SMILES string of the molecule is CC(C)[C@H]1OC(=O)N[C@@H]1CCl. The van der Waals surface area contributed by atoms with Gasteiger partial charge in [-0.05, 0) is 5.92 Å². The van der Waals surface area contributed by atoms with Gasteiger partial charge in [0.2, 0.25) is 0 Å². The van der Waals surface area contributed by atoms with E-state index < -0.39 is 0 Å². The van der Waals surface area contributed by atoms with Gasteiger partial charge in [0.25, 0.3) is 0 Å². The molecule has 0 bridgehead atoms. The fourth-order valence-electron chi connectivity index (χ4n) is 1.20. The molecule has 0 radical (unpaired) electrons. The first-order valence-corrected chi connectivity index (χ1v) is 4.21. The molecule has 0 saturated carbocycles. The van der Waals surface area contributed by atoms with Crippen LogP contribution < -0.4 is 5.32 Å². The molecule has 3 nitrogen and oxygen atoms in total. The second kappa shape index (κ2) is 3.30. The van der Waals surface area contributed by atoms with Crippen molar-refractivity contribution in [2.45, 2.75) is 26.0 Å². The summed E-state index contributed by atoms with van der Waals surface area (Å²) in [6.07, 6.45) is -0.422. The molecule has 1 heterocycles. The second-order valence-corrected chi connectivity index (χ2v) is 3.33. The summed E-state index contributed by atoms with van der Waals surface area (Å²) in [6, 6.07) is -0.0239. The number of nitrogens with one attached hydrogen (secondary N) is 1. The van der Waals surface area contributed by atoms with E-state index in [4.69, 9.17) is 16.3 Å². The smallest absolute Gasteiger partial charge is 0.407 e. The Morgan fingerprint density at radius 1 is 1.73 bits per heavy atom. The maximum absolute atomic E-state index is 10.7. The van der Waals surface area contributed by atoms with E-state index in [1.54, 1.807) is 0 Å². The third-order valence-corrected chi connectivity index (χ3v) is 2.10. The number of ether oxygens (including phenoxy) is 1. The van der Waals surface area contributed by atoms with Crippen LogP contribution in [0.1, 0.15) is 13.8 Å². The van der Waals surface area contributed by atoms with Crippen LogP contribution in [0.2, 0.25) is 0 Å². The predicted molar refractivity (Wildman–Crippen MR) is 42.8 cm³/mol. The van der Waals surface area contributed by atoms with Crippen molar-refractivity contribution in [2.75, 3.05) is 5.88 Å². The monoisotopic (exact) mass is 177 g/mol. The van der Waals surface area contributed by atoms with Crippen LogP contribution in [0, 0.1) is 5.92 Å². The van der Waals surface area contributed by atoms with Crippen molar-refractivity contribution in [1.82, 2.24) is 5.32 Å². The van der Waals surface area contributed by atoms with Gasteiger partial charge in [0, 0.05) is 5.88 Å². The second-order valence-electron chi connectivity index (χ2n) is 3.02. The van der Waals surface area contributed by atoms with Crippen LogP contribution in [0.25, 0.3) is 0 Å². The number of cyclic esters (lactones) is 1. The van der Waals surface area contributed by atoms with Crippen molar-refractivity contribution < 1.29 is 9.53 Å². The summed E-state index contributed by atoms with van der Waals surface area (Å²) in [5.41, 5.74) is 0. The number of halogens is 1. The van der Waals surface area contributed by atoms with Crippen LogP contribution in [-0.4, -0.2) is 24.1 Å². The third-order valence-electron chi connectivity index (χ3n) is 1.77. The van der Waals surface area contributed by atoms with Crippen molar-refractivity contribution in [3.63, 3.8) is 0 Å². The van der Waals surface area contributed by atoms with Gasteiger partial charge in [0.1, 0.15) is 6.10 Å². The Balaban J connectivity index is 2.57. The molecule has 11 heavy (non-hydrogen) atoms. The molecular formula is C7H12ClNO2. The van der Waals surface area contributed by atoms with Gasteiger partial charge in [-0.2, -0.15) is 0 Å². The molecule has 1 saturated heterocycles. The maximum Gasteiger partial charge on any atom is 0.407 e. The molecule has 4 heteroatoms. The van der Waals surface area contributed by atoms with Crippen LogP contribution >= 0.6 is 11.6 Å².